The Bertz CT molecular complexity index is 440. The number of carbonyl (C=O) groups is 1. The van der Waals surface area contributed by atoms with Crippen LogP contribution in [-0.2, 0) is 4.79 Å². The fraction of sp³-hybridized carbons (Fsp3) is 0.562. The Morgan fingerprint density at radius 1 is 1.25 bits per heavy atom. The van der Waals surface area contributed by atoms with Gasteiger partial charge in [0.25, 0.3) is 0 Å². The fourth-order valence-corrected chi connectivity index (χ4v) is 2.74. The van der Waals surface area contributed by atoms with Crippen LogP contribution in [-0.4, -0.2) is 32.1 Å². The summed E-state index contributed by atoms with van der Waals surface area (Å²) in [6.45, 7) is 10.1. The molecule has 1 aliphatic rings. The highest BCUT2D eigenvalue weighted by atomic mass is 16.1. The SMILES string of the molecule is CCN(CC)c1ccc(NC(=O)[C@@H]2CNC[C@H]2C)cc1. The lowest BCUT2D eigenvalue weighted by Crippen LogP contribution is -2.27. The number of hydrogen-bond acceptors (Lipinski definition) is 3. The molecule has 110 valence electrons. The van der Waals surface area contributed by atoms with Crippen molar-refractivity contribution in [3.63, 3.8) is 0 Å². The molecule has 1 aliphatic heterocycles. The molecule has 0 bridgehead atoms. The van der Waals surface area contributed by atoms with E-state index in [0.29, 0.717) is 5.92 Å². The predicted molar refractivity (Wildman–Crippen MR) is 84.2 cm³/mol. The summed E-state index contributed by atoms with van der Waals surface area (Å²) in [6, 6.07) is 8.11. The van der Waals surface area contributed by atoms with Gasteiger partial charge in [-0.15, -0.1) is 0 Å². The largest absolute Gasteiger partial charge is 0.372 e. The molecule has 0 spiro atoms. The van der Waals surface area contributed by atoms with Gasteiger partial charge in [-0.05, 0) is 50.6 Å². The topological polar surface area (TPSA) is 44.4 Å². The quantitative estimate of drug-likeness (QED) is 0.867. The Morgan fingerprint density at radius 2 is 1.90 bits per heavy atom. The van der Waals surface area contributed by atoms with Gasteiger partial charge in [-0.2, -0.15) is 0 Å². The van der Waals surface area contributed by atoms with Crippen LogP contribution in [0.3, 0.4) is 0 Å². The minimum Gasteiger partial charge on any atom is -0.372 e. The highest BCUT2D eigenvalue weighted by Crippen LogP contribution is 2.21. The van der Waals surface area contributed by atoms with Crippen LogP contribution < -0.4 is 15.5 Å². The van der Waals surface area contributed by atoms with Gasteiger partial charge in [0.2, 0.25) is 5.91 Å². The second-order valence-electron chi connectivity index (χ2n) is 5.45. The van der Waals surface area contributed by atoms with E-state index in [1.165, 1.54) is 5.69 Å². The van der Waals surface area contributed by atoms with Crippen molar-refractivity contribution in [2.24, 2.45) is 11.8 Å². The van der Waals surface area contributed by atoms with E-state index in [1.54, 1.807) is 0 Å². The van der Waals surface area contributed by atoms with Gasteiger partial charge in [0, 0.05) is 31.0 Å². The van der Waals surface area contributed by atoms with Crippen LogP contribution in [0.15, 0.2) is 24.3 Å². The van der Waals surface area contributed by atoms with Crippen molar-refractivity contribution < 1.29 is 4.79 Å². The molecule has 1 fully saturated rings. The van der Waals surface area contributed by atoms with Gasteiger partial charge in [-0.1, -0.05) is 6.92 Å². The van der Waals surface area contributed by atoms with Gasteiger partial charge in [-0.3, -0.25) is 4.79 Å². The van der Waals surface area contributed by atoms with Crippen LogP contribution >= 0.6 is 0 Å². The van der Waals surface area contributed by atoms with Gasteiger partial charge >= 0.3 is 0 Å². The molecular formula is C16H25N3O. The van der Waals surface area contributed by atoms with E-state index in [4.69, 9.17) is 0 Å². The van der Waals surface area contributed by atoms with E-state index in [-0.39, 0.29) is 11.8 Å². The number of rotatable bonds is 5. The third-order valence-electron chi connectivity index (χ3n) is 4.12. The summed E-state index contributed by atoms with van der Waals surface area (Å²) in [5.41, 5.74) is 2.08. The van der Waals surface area contributed by atoms with Gasteiger partial charge in [-0.25, -0.2) is 0 Å². The zero-order chi connectivity index (χ0) is 14.5. The van der Waals surface area contributed by atoms with Crippen molar-refractivity contribution in [1.82, 2.24) is 5.32 Å². The average molecular weight is 275 g/mol. The molecule has 1 saturated heterocycles. The molecule has 2 rings (SSSR count). The van der Waals surface area contributed by atoms with Crippen LogP contribution in [0.1, 0.15) is 20.8 Å². The molecule has 0 radical (unpaired) electrons. The highest BCUT2D eigenvalue weighted by Gasteiger charge is 2.29. The van der Waals surface area contributed by atoms with Gasteiger partial charge in [0.05, 0.1) is 5.92 Å². The van der Waals surface area contributed by atoms with E-state index in [9.17, 15) is 4.79 Å². The second-order valence-corrected chi connectivity index (χ2v) is 5.45. The van der Waals surface area contributed by atoms with E-state index >= 15 is 0 Å². The summed E-state index contributed by atoms with van der Waals surface area (Å²) in [5, 5.41) is 6.28. The van der Waals surface area contributed by atoms with Crippen LogP contribution in [0, 0.1) is 11.8 Å². The zero-order valence-corrected chi connectivity index (χ0v) is 12.6. The molecule has 0 aromatic heterocycles. The second kappa shape index (κ2) is 6.75. The van der Waals surface area contributed by atoms with Gasteiger partial charge < -0.3 is 15.5 Å². The van der Waals surface area contributed by atoms with Crippen LogP contribution in [0.4, 0.5) is 11.4 Å². The summed E-state index contributed by atoms with van der Waals surface area (Å²) >= 11 is 0. The third-order valence-corrected chi connectivity index (χ3v) is 4.12. The molecule has 20 heavy (non-hydrogen) atoms. The van der Waals surface area contributed by atoms with Crippen molar-refractivity contribution in [1.29, 1.82) is 0 Å². The maximum Gasteiger partial charge on any atom is 0.229 e. The number of nitrogens with zero attached hydrogens (tertiary/aromatic N) is 1. The maximum atomic E-state index is 12.2. The van der Waals surface area contributed by atoms with Crippen molar-refractivity contribution in [2.75, 3.05) is 36.4 Å². The molecule has 2 N–H and O–H groups in total. The lowest BCUT2D eigenvalue weighted by atomic mass is 9.97. The van der Waals surface area contributed by atoms with Crippen molar-refractivity contribution >= 4 is 17.3 Å². The Morgan fingerprint density at radius 3 is 2.40 bits per heavy atom. The van der Waals surface area contributed by atoms with Crippen molar-refractivity contribution in [3.8, 4) is 0 Å². The van der Waals surface area contributed by atoms with Gasteiger partial charge in [0.15, 0.2) is 0 Å². The third kappa shape index (κ3) is 3.31. The first-order valence-corrected chi connectivity index (χ1v) is 7.52. The van der Waals surface area contributed by atoms with E-state index in [2.05, 4.69) is 48.4 Å². The lowest BCUT2D eigenvalue weighted by Gasteiger charge is -2.21. The van der Waals surface area contributed by atoms with Crippen LogP contribution in [0.25, 0.3) is 0 Å². The predicted octanol–water partition coefficient (Wildman–Crippen LogP) is 2.33. The number of amides is 1. The standard InChI is InChI=1S/C16H25N3O/c1-4-19(5-2)14-8-6-13(7-9-14)18-16(20)15-11-17-10-12(15)3/h6-9,12,15,17H,4-5,10-11H2,1-3H3,(H,18,20)/t12-,15-/m1/s1. The smallest absolute Gasteiger partial charge is 0.229 e. The van der Waals surface area contributed by atoms with Gasteiger partial charge in [0.1, 0.15) is 0 Å². The van der Waals surface area contributed by atoms with E-state index in [1.807, 2.05) is 12.1 Å². The lowest BCUT2D eigenvalue weighted by molar-refractivity contribution is -0.120. The van der Waals surface area contributed by atoms with E-state index < -0.39 is 0 Å². The Balaban J connectivity index is 1.98. The van der Waals surface area contributed by atoms with Crippen molar-refractivity contribution in [2.45, 2.75) is 20.8 Å². The molecule has 0 saturated carbocycles. The Kier molecular flexibility index (Phi) is 5.01. The fourth-order valence-electron chi connectivity index (χ4n) is 2.74. The normalized spacial score (nSPS) is 21.8. The molecule has 1 aromatic carbocycles. The minimum absolute atomic E-state index is 0.0810. The van der Waals surface area contributed by atoms with Crippen molar-refractivity contribution in [3.05, 3.63) is 24.3 Å². The summed E-state index contributed by atoms with van der Waals surface area (Å²) < 4.78 is 0. The summed E-state index contributed by atoms with van der Waals surface area (Å²) in [4.78, 5) is 14.5. The Hall–Kier alpha value is -1.55. The zero-order valence-electron chi connectivity index (χ0n) is 12.6. The number of carbonyl (C=O) groups excluding carboxylic acids is 1. The molecule has 0 aliphatic carbocycles. The molecule has 4 nitrogen and oxygen atoms in total. The first-order chi connectivity index (χ1) is 9.65. The molecule has 2 atom stereocenters. The number of hydrogen-bond donors (Lipinski definition) is 2. The highest BCUT2D eigenvalue weighted by molar-refractivity contribution is 5.93. The minimum atomic E-state index is 0.0810. The summed E-state index contributed by atoms with van der Waals surface area (Å²) in [7, 11) is 0. The molecule has 1 amide bonds. The molecular weight excluding hydrogens is 250 g/mol. The molecule has 4 heteroatoms. The van der Waals surface area contributed by atoms with Crippen LogP contribution in [0.5, 0.6) is 0 Å². The number of benzene rings is 1. The first kappa shape index (κ1) is 14.9. The molecule has 1 heterocycles. The number of anilines is 2. The average Bonchev–Trinajstić information content (AvgIpc) is 2.88. The molecule has 0 unspecified atom stereocenters. The maximum absolute atomic E-state index is 12.2. The number of nitrogens with one attached hydrogen (secondary N) is 2. The Labute approximate surface area is 121 Å². The monoisotopic (exact) mass is 275 g/mol. The molecule has 1 aromatic rings. The van der Waals surface area contributed by atoms with E-state index in [0.717, 1.165) is 31.9 Å². The summed E-state index contributed by atoms with van der Waals surface area (Å²) in [5.74, 6) is 0.612. The summed E-state index contributed by atoms with van der Waals surface area (Å²) in [6.07, 6.45) is 0. The van der Waals surface area contributed by atoms with Crippen LogP contribution in [0.2, 0.25) is 0 Å². The first-order valence-electron chi connectivity index (χ1n) is 7.52.